The number of anilines is 2. The number of hydrogen-bond donors (Lipinski definition) is 2. The lowest BCUT2D eigenvalue weighted by Gasteiger charge is -2.40. The highest BCUT2D eigenvalue weighted by atomic mass is 19.4. The molecule has 2 aromatic rings. The second-order valence-electron chi connectivity index (χ2n) is 14.0. The topological polar surface area (TPSA) is 87.7 Å². The number of ether oxygens (including phenoxy) is 1. The van der Waals surface area contributed by atoms with Gasteiger partial charge in [0, 0.05) is 30.8 Å². The molecule has 5 atom stereocenters. The van der Waals surface area contributed by atoms with Crippen molar-refractivity contribution in [1.29, 1.82) is 0 Å². The Balaban J connectivity index is 1.40. The molecule has 4 aliphatic rings. The quantitative estimate of drug-likeness (QED) is 0.337. The van der Waals surface area contributed by atoms with E-state index in [4.69, 9.17) is 20.4 Å². The van der Waals surface area contributed by atoms with Gasteiger partial charge in [-0.05, 0) is 94.7 Å². The van der Waals surface area contributed by atoms with Gasteiger partial charge in [0.15, 0.2) is 0 Å². The van der Waals surface area contributed by atoms with E-state index in [0.717, 1.165) is 50.4 Å². The molecule has 6 rings (SSSR count). The van der Waals surface area contributed by atoms with Crippen molar-refractivity contribution in [1.82, 2.24) is 14.9 Å². The Morgan fingerprint density at radius 3 is 2.60 bits per heavy atom. The number of benzene rings is 1. The van der Waals surface area contributed by atoms with E-state index in [1.54, 1.807) is 0 Å². The van der Waals surface area contributed by atoms with Gasteiger partial charge in [0.2, 0.25) is 0 Å². The minimum Gasteiger partial charge on any atom is -0.461 e. The summed E-state index contributed by atoms with van der Waals surface area (Å²) in [5.74, 6) is -0.903. The minimum atomic E-state index is -4.73. The van der Waals surface area contributed by atoms with E-state index in [9.17, 15) is 18.3 Å². The van der Waals surface area contributed by atoms with Gasteiger partial charge in [-0.1, -0.05) is 13.8 Å². The molecule has 3 N–H and O–H groups in total. The van der Waals surface area contributed by atoms with E-state index in [0.29, 0.717) is 50.0 Å². The molecule has 11 heteroatoms. The number of aryl methyl sites for hydroxylation is 1. The lowest BCUT2D eigenvalue weighted by molar-refractivity contribution is -0.139. The van der Waals surface area contributed by atoms with Crippen LogP contribution in [0.4, 0.5) is 29.1 Å². The van der Waals surface area contributed by atoms with Crippen molar-refractivity contribution in [3.05, 3.63) is 39.8 Å². The van der Waals surface area contributed by atoms with Gasteiger partial charge in [0.1, 0.15) is 18.2 Å². The van der Waals surface area contributed by atoms with Gasteiger partial charge in [0.25, 0.3) is 0 Å². The summed E-state index contributed by atoms with van der Waals surface area (Å²) < 4.78 is 65.0. The Morgan fingerprint density at radius 2 is 1.88 bits per heavy atom. The maximum absolute atomic E-state index is 15.6. The van der Waals surface area contributed by atoms with Crippen LogP contribution in [0.1, 0.15) is 86.7 Å². The predicted octanol–water partition coefficient (Wildman–Crippen LogP) is 5.65. The van der Waals surface area contributed by atoms with Gasteiger partial charge < -0.3 is 20.5 Å². The highest BCUT2D eigenvalue weighted by Gasteiger charge is 2.48. The Hall–Kier alpha value is -2.66. The zero-order valence-electron chi connectivity index (χ0n) is 25.5. The maximum Gasteiger partial charge on any atom is 0.417 e. The standard InChI is InChI=1S/C32H43F4N5O2/c1-18-14-31(8-6-10-41(31)15-18)17-43-29-38-24-13-21(25-26(32(34,35)36)20(3)12-23(37)27(25)33)19(2)11-22(24)28(39-29)40-9-5-7-30(4,42)16-40/h12,18-19,21,42H,5-11,13-17,37H2,1-4H3/t18-,19?,21?,30-,31+/m1/s1. The summed E-state index contributed by atoms with van der Waals surface area (Å²) in [7, 11) is 0. The third-order valence-corrected chi connectivity index (χ3v) is 10.3. The molecule has 4 heterocycles. The molecule has 43 heavy (non-hydrogen) atoms. The molecule has 0 amide bonds. The number of aromatic nitrogens is 2. The summed E-state index contributed by atoms with van der Waals surface area (Å²) >= 11 is 0. The largest absolute Gasteiger partial charge is 0.461 e. The van der Waals surface area contributed by atoms with Gasteiger partial charge in [-0.3, -0.25) is 4.90 Å². The van der Waals surface area contributed by atoms with Crippen molar-refractivity contribution in [2.45, 2.75) is 95.9 Å². The number of piperidine rings is 1. The van der Waals surface area contributed by atoms with Crippen LogP contribution in [0.5, 0.6) is 6.01 Å². The monoisotopic (exact) mass is 605 g/mol. The number of hydrogen-bond acceptors (Lipinski definition) is 7. The maximum atomic E-state index is 15.6. The van der Waals surface area contributed by atoms with Crippen LogP contribution in [0, 0.1) is 24.6 Å². The van der Waals surface area contributed by atoms with E-state index in [1.807, 2.05) is 18.7 Å². The Morgan fingerprint density at radius 1 is 1.14 bits per heavy atom. The van der Waals surface area contributed by atoms with Crippen LogP contribution < -0.4 is 15.4 Å². The van der Waals surface area contributed by atoms with E-state index in [1.165, 1.54) is 6.92 Å². The SMILES string of the molecule is Cc1cc(N)c(F)c(C2Cc3nc(OC[C@@]45CCCN4C[C@H](C)C5)nc(N4CCC[C@@](C)(O)C4)c3CC2C)c1C(F)(F)F. The van der Waals surface area contributed by atoms with Gasteiger partial charge in [0.05, 0.1) is 28.1 Å². The fourth-order valence-electron chi connectivity index (χ4n) is 8.45. The lowest BCUT2D eigenvalue weighted by atomic mass is 9.73. The van der Waals surface area contributed by atoms with Crippen molar-refractivity contribution < 1.29 is 27.4 Å². The van der Waals surface area contributed by atoms with Gasteiger partial charge in [-0.2, -0.15) is 23.1 Å². The highest BCUT2D eigenvalue weighted by Crippen LogP contribution is 2.48. The first-order valence-corrected chi connectivity index (χ1v) is 15.6. The Bertz CT molecular complexity index is 1400. The van der Waals surface area contributed by atoms with Gasteiger partial charge in [-0.25, -0.2) is 4.39 Å². The van der Waals surface area contributed by atoms with E-state index in [2.05, 4.69) is 11.8 Å². The van der Waals surface area contributed by atoms with Crippen LogP contribution in [0.3, 0.4) is 0 Å². The normalized spacial score (nSPS) is 31.3. The molecule has 0 saturated carbocycles. The molecule has 3 aliphatic heterocycles. The predicted molar refractivity (Wildman–Crippen MR) is 157 cm³/mol. The smallest absolute Gasteiger partial charge is 0.417 e. The fourth-order valence-corrected chi connectivity index (χ4v) is 8.45. The molecular formula is C32H43F4N5O2. The molecule has 0 bridgehead atoms. The van der Waals surface area contributed by atoms with E-state index >= 15 is 4.39 Å². The number of alkyl halides is 3. The second-order valence-corrected chi connectivity index (χ2v) is 14.0. The zero-order chi connectivity index (χ0) is 30.9. The summed E-state index contributed by atoms with van der Waals surface area (Å²) in [5, 5.41) is 10.9. The first-order chi connectivity index (χ1) is 20.2. The molecule has 3 fully saturated rings. The third kappa shape index (κ3) is 5.56. The number of fused-ring (bicyclic) bond motifs is 2. The van der Waals surface area contributed by atoms with Crippen molar-refractivity contribution in [2.24, 2.45) is 11.8 Å². The molecule has 7 nitrogen and oxygen atoms in total. The summed E-state index contributed by atoms with van der Waals surface area (Å²) in [6.07, 6.45) is 0.372. The molecule has 1 aromatic carbocycles. The van der Waals surface area contributed by atoms with Crippen molar-refractivity contribution >= 4 is 11.5 Å². The highest BCUT2D eigenvalue weighted by molar-refractivity contribution is 5.56. The van der Waals surface area contributed by atoms with Crippen LogP contribution in [0.15, 0.2) is 6.07 Å². The minimum absolute atomic E-state index is 0.0610. The first-order valence-electron chi connectivity index (χ1n) is 15.6. The number of nitrogens with zero attached hydrogens (tertiary/aromatic N) is 4. The van der Waals surface area contributed by atoms with Gasteiger partial charge in [-0.15, -0.1) is 0 Å². The first kappa shape index (κ1) is 30.4. The van der Waals surface area contributed by atoms with Crippen LogP contribution in [0.2, 0.25) is 0 Å². The zero-order valence-corrected chi connectivity index (χ0v) is 25.5. The number of β-amino-alcohol motifs (C(OH)–C–C–N with tert-alkyl or cyclic N) is 1. The Kier molecular flexibility index (Phi) is 7.59. The number of halogens is 4. The molecule has 1 aliphatic carbocycles. The summed E-state index contributed by atoms with van der Waals surface area (Å²) in [5.41, 5.74) is 4.62. The molecule has 0 radical (unpaired) electrons. The summed E-state index contributed by atoms with van der Waals surface area (Å²) in [6.45, 7) is 10.8. The molecule has 1 aromatic heterocycles. The average Bonchev–Trinajstić information content (AvgIpc) is 3.43. The second kappa shape index (κ2) is 10.8. The molecular weight excluding hydrogens is 562 g/mol. The molecule has 3 saturated heterocycles. The number of rotatable bonds is 5. The van der Waals surface area contributed by atoms with Gasteiger partial charge >= 0.3 is 12.2 Å². The Labute approximate surface area is 250 Å². The number of aliphatic hydroxyl groups is 1. The van der Waals surface area contributed by atoms with E-state index in [-0.39, 0.29) is 40.7 Å². The van der Waals surface area contributed by atoms with Crippen molar-refractivity contribution in [3.63, 3.8) is 0 Å². The van der Waals surface area contributed by atoms with E-state index < -0.39 is 29.1 Å². The third-order valence-electron chi connectivity index (χ3n) is 10.3. The molecule has 2 unspecified atom stereocenters. The molecule has 0 spiro atoms. The summed E-state index contributed by atoms with van der Waals surface area (Å²) in [6, 6.07) is 1.25. The lowest BCUT2D eigenvalue weighted by Crippen LogP contribution is -2.47. The molecule has 236 valence electrons. The fraction of sp³-hybridized carbons (Fsp3) is 0.688. The van der Waals surface area contributed by atoms with Crippen LogP contribution in [-0.4, -0.2) is 63.9 Å². The van der Waals surface area contributed by atoms with Crippen LogP contribution in [0.25, 0.3) is 0 Å². The van der Waals surface area contributed by atoms with Crippen molar-refractivity contribution in [2.75, 3.05) is 43.4 Å². The van der Waals surface area contributed by atoms with Crippen molar-refractivity contribution in [3.8, 4) is 6.01 Å². The average molecular weight is 606 g/mol. The number of nitrogens with two attached hydrogens (primary N) is 1. The van der Waals surface area contributed by atoms with Crippen LogP contribution in [-0.2, 0) is 19.0 Å². The van der Waals surface area contributed by atoms with Crippen LogP contribution >= 0.6 is 0 Å². The summed E-state index contributed by atoms with van der Waals surface area (Å²) in [4.78, 5) is 14.2. The number of nitrogen functional groups attached to an aromatic ring is 1.